The second-order valence-corrected chi connectivity index (χ2v) is 11.1. The minimum absolute atomic E-state index is 0.0108. The molecule has 0 spiro atoms. The van der Waals surface area contributed by atoms with Crippen molar-refractivity contribution >= 4 is 17.0 Å². The highest BCUT2D eigenvalue weighted by Crippen LogP contribution is 2.36. The lowest BCUT2D eigenvalue weighted by Crippen LogP contribution is -2.36. The number of nitrogens with zero attached hydrogens (tertiary/aromatic N) is 2. The summed E-state index contributed by atoms with van der Waals surface area (Å²) in [5, 5.41) is 0. The van der Waals surface area contributed by atoms with Gasteiger partial charge in [-0.2, -0.15) is 0 Å². The van der Waals surface area contributed by atoms with Gasteiger partial charge in [0.1, 0.15) is 29.8 Å². The van der Waals surface area contributed by atoms with Crippen LogP contribution in [0.5, 0.6) is 5.75 Å². The maximum Gasteiger partial charge on any atom is 0.326 e. The Kier molecular flexibility index (Phi) is 7.01. The lowest BCUT2D eigenvalue weighted by molar-refractivity contribution is -0.156. The molecule has 1 aliphatic carbocycles. The zero-order chi connectivity index (χ0) is 24.5. The number of hydrogen-bond acceptors (Lipinski definition) is 4. The molecule has 1 saturated carbocycles. The van der Waals surface area contributed by atoms with Gasteiger partial charge in [0, 0.05) is 5.56 Å². The Balaban J connectivity index is 1.60. The topological polar surface area (TPSA) is 53.4 Å². The minimum Gasteiger partial charge on any atom is -0.488 e. The number of hydrogen-bond donors (Lipinski definition) is 0. The summed E-state index contributed by atoms with van der Waals surface area (Å²) < 4.78 is 14.1. The summed E-state index contributed by atoms with van der Waals surface area (Å²) in [6.07, 6.45) is 3.27. The van der Waals surface area contributed by atoms with Crippen molar-refractivity contribution in [1.29, 1.82) is 0 Å². The van der Waals surface area contributed by atoms with Crippen LogP contribution < -0.4 is 4.74 Å². The van der Waals surface area contributed by atoms with Crippen LogP contribution in [-0.4, -0.2) is 27.2 Å². The molecule has 5 heteroatoms. The molecule has 0 N–H and O–H groups in total. The van der Waals surface area contributed by atoms with Gasteiger partial charge in [0.05, 0.1) is 11.0 Å². The fourth-order valence-electron chi connectivity index (χ4n) is 5.07. The second-order valence-electron chi connectivity index (χ2n) is 11.1. The van der Waals surface area contributed by atoms with Crippen LogP contribution in [0.3, 0.4) is 0 Å². The highest BCUT2D eigenvalue weighted by atomic mass is 16.5. The third kappa shape index (κ3) is 5.63. The highest BCUT2D eigenvalue weighted by Gasteiger charge is 2.33. The van der Waals surface area contributed by atoms with Gasteiger partial charge in [0.25, 0.3) is 0 Å². The molecule has 4 rings (SSSR count). The van der Waals surface area contributed by atoms with Gasteiger partial charge in [0.15, 0.2) is 0 Å². The Morgan fingerprint density at radius 1 is 1.09 bits per heavy atom. The summed E-state index contributed by atoms with van der Waals surface area (Å²) in [4.78, 5) is 18.1. The second kappa shape index (κ2) is 9.81. The van der Waals surface area contributed by atoms with E-state index < -0.39 is 0 Å². The van der Waals surface area contributed by atoms with Crippen molar-refractivity contribution in [2.75, 3.05) is 0 Å². The zero-order valence-corrected chi connectivity index (χ0v) is 21.4. The highest BCUT2D eigenvalue weighted by molar-refractivity contribution is 5.83. The summed E-state index contributed by atoms with van der Waals surface area (Å²) >= 11 is 0. The summed E-state index contributed by atoms with van der Waals surface area (Å²) in [6, 6.07) is 15.9. The monoisotopic (exact) mass is 462 g/mol. The van der Waals surface area contributed by atoms with Crippen LogP contribution in [0.1, 0.15) is 60.8 Å². The minimum atomic E-state index is -0.261. The molecule has 0 bridgehead atoms. The van der Waals surface area contributed by atoms with Crippen molar-refractivity contribution in [3.05, 3.63) is 48.5 Å². The molecular formula is C29H38N2O3. The smallest absolute Gasteiger partial charge is 0.326 e. The first-order valence-corrected chi connectivity index (χ1v) is 12.5. The van der Waals surface area contributed by atoms with Gasteiger partial charge >= 0.3 is 5.97 Å². The molecule has 0 aliphatic heterocycles. The molecule has 1 aliphatic rings. The van der Waals surface area contributed by atoms with E-state index in [-0.39, 0.29) is 24.2 Å². The number of benzene rings is 2. The number of ether oxygens (including phenoxy) is 2. The molecule has 5 nitrogen and oxygen atoms in total. The Morgan fingerprint density at radius 3 is 2.47 bits per heavy atom. The predicted molar refractivity (Wildman–Crippen MR) is 137 cm³/mol. The number of rotatable bonds is 6. The normalized spacial score (nSPS) is 21.1. The standard InChI is InChI=1S/C29H38N2O3/c1-19(2)23-16-11-20(3)17-26(23)33-27(32)18-31-25-10-8-7-9-24(25)30-28(31)21-12-14-22(15-13-21)34-29(4,5)6/h7-10,12-15,19-20,23,26H,11,16-18H2,1-6H3. The van der Waals surface area contributed by atoms with Gasteiger partial charge in [-0.3, -0.25) is 4.79 Å². The van der Waals surface area contributed by atoms with E-state index in [0.29, 0.717) is 17.8 Å². The van der Waals surface area contributed by atoms with E-state index >= 15 is 0 Å². The Bertz CT molecular complexity index is 1120. The van der Waals surface area contributed by atoms with E-state index in [1.807, 2.05) is 73.9 Å². The number of carbonyl (C=O) groups is 1. The maximum absolute atomic E-state index is 13.2. The number of imidazole rings is 1. The van der Waals surface area contributed by atoms with E-state index in [1.54, 1.807) is 0 Å². The Morgan fingerprint density at radius 2 is 1.79 bits per heavy atom. The van der Waals surface area contributed by atoms with E-state index in [9.17, 15) is 4.79 Å². The molecule has 3 aromatic rings. The van der Waals surface area contributed by atoms with E-state index in [1.165, 1.54) is 6.42 Å². The van der Waals surface area contributed by atoms with Crippen molar-refractivity contribution in [3.8, 4) is 17.1 Å². The van der Waals surface area contributed by atoms with E-state index in [4.69, 9.17) is 14.5 Å². The molecule has 2 aromatic carbocycles. The molecular weight excluding hydrogens is 424 g/mol. The van der Waals surface area contributed by atoms with Gasteiger partial charge in [-0.05, 0) is 87.8 Å². The average molecular weight is 463 g/mol. The predicted octanol–water partition coefficient (Wildman–Crippen LogP) is 6.88. The number of fused-ring (bicyclic) bond motifs is 1. The molecule has 3 unspecified atom stereocenters. The average Bonchev–Trinajstić information content (AvgIpc) is 3.11. The van der Waals surface area contributed by atoms with Crippen LogP contribution in [0.4, 0.5) is 0 Å². The summed E-state index contributed by atoms with van der Waals surface area (Å²) in [5.74, 6) is 2.90. The van der Waals surface area contributed by atoms with Crippen molar-refractivity contribution in [2.45, 2.75) is 79.1 Å². The van der Waals surface area contributed by atoms with Crippen LogP contribution in [0.25, 0.3) is 22.4 Å². The summed E-state index contributed by atoms with van der Waals surface area (Å²) in [7, 11) is 0. The largest absolute Gasteiger partial charge is 0.488 e. The molecule has 1 fully saturated rings. The number of carbonyl (C=O) groups excluding carboxylic acids is 1. The van der Waals surface area contributed by atoms with Crippen LogP contribution in [0.2, 0.25) is 0 Å². The number of aromatic nitrogens is 2. The number of para-hydroxylation sites is 2. The molecule has 0 radical (unpaired) electrons. The summed E-state index contributed by atoms with van der Waals surface area (Å²) in [6.45, 7) is 13.0. The third-order valence-corrected chi connectivity index (χ3v) is 6.72. The van der Waals surface area contributed by atoms with E-state index in [0.717, 1.165) is 41.0 Å². The Hall–Kier alpha value is -2.82. The fraction of sp³-hybridized carbons (Fsp3) is 0.517. The molecule has 34 heavy (non-hydrogen) atoms. The van der Waals surface area contributed by atoms with Gasteiger partial charge < -0.3 is 14.0 Å². The SMILES string of the molecule is CC1CCC(C(C)C)C(OC(=O)Cn2c(-c3ccc(OC(C)(C)C)cc3)nc3ccccc32)C1. The van der Waals surface area contributed by atoms with Crippen LogP contribution in [0, 0.1) is 17.8 Å². The van der Waals surface area contributed by atoms with Crippen LogP contribution >= 0.6 is 0 Å². The zero-order valence-electron chi connectivity index (χ0n) is 21.4. The summed E-state index contributed by atoms with van der Waals surface area (Å²) in [5.41, 5.74) is 2.48. The van der Waals surface area contributed by atoms with Crippen LogP contribution in [0.15, 0.2) is 48.5 Å². The first-order chi connectivity index (χ1) is 16.1. The molecule has 0 amide bonds. The first-order valence-electron chi connectivity index (χ1n) is 12.5. The van der Waals surface area contributed by atoms with Crippen molar-refractivity contribution < 1.29 is 14.3 Å². The van der Waals surface area contributed by atoms with E-state index in [2.05, 4.69) is 20.8 Å². The first kappa shape index (κ1) is 24.3. The van der Waals surface area contributed by atoms with Gasteiger partial charge in [-0.1, -0.05) is 39.3 Å². The quantitative estimate of drug-likeness (QED) is 0.375. The van der Waals surface area contributed by atoms with Gasteiger partial charge in [-0.25, -0.2) is 4.98 Å². The van der Waals surface area contributed by atoms with Gasteiger partial charge in [0.2, 0.25) is 0 Å². The fourth-order valence-corrected chi connectivity index (χ4v) is 5.07. The van der Waals surface area contributed by atoms with Crippen LogP contribution in [-0.2, 0) is 16.1 Å². The molecule has 3 atom stereocenters. The maximum atomic E-state index is 13.2. The lowest BCUT2D eigenvalue weighted by Gasteiger charge is -2.36. The van der Waals surface area contributed by atoms with Crippen molar-refractivity contribution in [2.24, 2.45) is 17.8 Å². The molecule has 0 saturated heterocycles. The van der Waals surface area contributed by atoms with Crippen molar-refractivity contribution in [3.63, 3.8) is 0 Å². The molecule has 182 valence electrons. The van der Waals surface area contributed by atoms with Crippen molar-refractivity contribution in [1.82, 2.24) is 9.55 Å². The molecule has 1 heterocycles. The Labute approximate surface area is 203 Å². The van der Waals surface area contributed by atoms with Gasteiger partial charge in [-0.15, -0.1) is 0 Å². The number of esters is 1. The lowest BCUT2D eigenvalue weighted by atomic mass is 9.75. The third-order valence-electron chi connectivity index (χ3n) is 6.72. The molecule has 1 aromatic heterocycles.